The molecule has 7 nitrogen and oxygen atoms in total. The highest BCUT2D eigenvalue weighted by atomic mass is 35.5. The van der Waals surface area contributed by atoms with Crippen LogP contribution in [0.1, 0.15) is 0 Å². The fraction of sp³-hybridized carbons (Fsp3) is 0.364. The molecule has 0 saturated heterocycles. The van der Waals surface area contributed by atoms with Gasteiger partial charge in [-0.05, 0) is 25.2 Å². The summed E-state index contributed by atoms with van der Waals surface area (Å²) in [6.07, 6.45) is 0. The van der Waals surface area contributed by atoms with Crippen LogP contribution < -0.4 is 20.5 Å². The number of sulfonamides is 1. The highest BCUT2D eigenvalue weighted by Crippen LogP contribution is 2.27. The second-order valence-corrected chi connectivity index (χ2v) is 6.02. The molecule has 0 aliphatic carbocycles. The zero-order chi connectivity index (χ0) is 15.2. The molecule has 20 heavy (non-hydrogen) atoms. The van der Waals surface area contributed by atoms with Crippen LogP contribution in [-0.4, -0.2) is 41.1 Å². The van der Waals surface area contributed by atoms with Gasteiger partial charge in [0.25, 0.3) is 5.91 Å². The molecule has 4 N–H and O–H groups in total. The van der Waals surface area contributed by atoms with Crippen LogP contribution in [0.25, 0.3) is 0 Å². The first-order chi connectivity index (χ1) is 9.36. The second kappa shape index (κ2) is 7.44. The van der Waals surface area contributed by atoms with Gasteiger partial charge in [0.15, 0.2) is 6.61 Å². The molecule has 0 heterocycles. The van der Waals surface area contributed by atoms with Crippen LogP contribution in [0, 0.1) is 0 Å². The van der Waals surface area contributed by atoms with Crippen LogP contribution in [0.3, 0.4) is 0 Å². The SMILES string of the molecule is CNCCNS(=O)(=O)c1cc(Cl)ccc1OCC(N)=O. The van der Waals surface area contributed by atoms with Crippen LogP contribution in [0.5, 0.6) is 5.75 Å². The predicted octanol–water partition coefficient (Wildman–Crippen LogP) is -0.298. The van der Waals surface area contributed by atoms with Gasteiger partial charge in [0.05, 0.1) is 0 Å². The number of hydrogen-bond donors (Lipinski definition) is 3. The van der Waals surface area contributed by atoms with E-state index in [0.717, 1.165) is 0 Å². The standard InChI is InChI=1S/C11H16ClN3O4S/c1-14-4-5-15-20(17,18)10-6-8(12)2-3-9(10)19-7-11(13)16/h2-3,6,14-15H,4-5,7H2,1H3,(H2,13,16). The molecule has 0 aliphatic rings. The Morgan fingerprint density at radius 2 is 2.10 bits per heavy atom. The highest BCUT2D eigenvalue weighted by Gasteiger charge is 2.20. The molecular weight excluding hydrogens is 306 g/mol. The summed E-state index contributed by atoms with van der Waals surface area (Å²) in [5.74, 6) is -0.684. The van der Waals surface area contributed by atoms with Crippen LogP contribution in [0.15, 0.2) is 23.1 Å². The van der Waals surface area contributed by atoms with Gasteiger partial charge in [-0.15, -0.1) is 0 Å². The number of primary amides is 1. The smallest absolute Gasteiger partial charge is 0.255 e. The maximum atomic E-state index is 12.1. The number of amides is 1. The number of nitrogens with two attached hydrogens (primary N) is 1. The number of halogens is 1. The van der Waals surface area contributed by atoms with Crippen molar-refractivity contribution >= 4 is 27.5 Å². The molecule has 0 fully saturated rings. The van der Waals surface area contributed by atoms with E-state index in [1.54, 1.807) is 7.05 Å². The number of nitrogens with one attached hydrogen (secondary N) is 2. The summed E-state index contributed by atoms with van der Waals surface area (Å²) in [6.45, 7) is 0.262. The summed E-state index contributed by atoms with van der Waals surface area (Å²) in [5.41, 5.74) is 4.96. The number of ether oxygens (including phenoxy) is 1. The van der Waals surface area contributed by atoms with Crippen molar-refractivity contribution in [1.82, 2.24) is 10.0 Å². The number of likely N-dealkylation sites (N-methyl/N-ethyl adjacent to an activating group) is 1. The zero-order valence-corrected chi connectivity index (χ0v) is 12.4. The molecule has 0 aliphatic heterocycles. The maximum absolute atomic E-state index is 12.1. The van der Waals surface area contributed by atoms with Crippen molar-refractivity contribution in [2.24, 2.45) is 5.73 Å². The fourth-order valence-corrected chi connectivity index (χ4v) is 2.79. The third kappa shape index (κ3) is 4.97. The van der Waals surface area contributed by atoms with Gasteiger partial charge in [-0.2, -0.15) is 0 Å². The lowest BCUT2D eigenvalue weighted by Gasteiger charge is -2.12. The van der Waals surface area contributed by atoms with E-state index in [1.807, 2.05) is 0 Å². The molecular formula is C11H16ClN3O4S. The van der Waals surface area contributed by atoms with E-state index in [4.69, 9.17) is 22.1 Å². The van der Waals surface area contributed by atoms with Gasteiger partial charge in [0.2, 0.25) is 10.0 Å². The van der Waals surface area contributed by atoms with Gasteiger partial charge < -0.3 is 15.8 Å². The Bertz CT molecular complexity index is 577. The van der Waals surface area contributed by atoms with E-state index in [2.05, 4.69) is 10.0 Å². The van der Waals surface area contributed by atoms with Crippen LogP contribution in [0.4, 0.5) is 0 Å². The fourth-order valence-electron chi connectivity index (χ4n) is 1.35. The van der Waals surface area contributed by atoms with Crippen molar-refractivity contribution < 1.29 is 17.9 Å². The first-order valence-corrected chi connectivity index (χ1v) is 7.58. The number of hydrogen-bond acceptors (Lipinski definition) is 5. The molecule has 0 radical (unpaired) electrons. The first kappa shape index (κ1) is 16.7. The van der Waals surface area contributed by atoms with E-state index in [1.165, 1.54) is 18.2 Å². The van der Waals surface area contributed by atoms with E-state index < -0.39 is 22.5 Å². The number of rotatable bonds is 8. The molecule has 9 heteroatoms. The lowest BCUT2D eigenvalue weighted by Crippen LogP contribution is -2.31. The Labute approximate surface area is 122 Å². The van der Waals surface area contributed by atoms with Crippen molar-refractivity contribution in [3.05, 3.63) is 23.2 Å². The van der Waals surface area contributed by atoms with Gasteiger partial charge >= 0.3 is 0 Å². The summed E-state index contributed by atoms with van der Waals surface area (Å²) < 4.78 is 31.7. The van der Waals surface area contributed by atoms with Crippen molar-refractivity contribution in [2.75, 3.05) is 26.7 Å². The lowest BCUT2D eigenvalue weighted by molar-refractivity contribution is -0.120. The van der Waals surface area contributed by atoms with E-state index in [9.17, 15) is 13.2 Å². The van der Waals surface area contributed by atoms with Crippen molar-refractivity contribution in [3.63, 3.8) is 0 Å². The van der Waals surface area contributed by atoms with Gasteiger partial charge in [-0.3, -0.25) is 4.79 Å². The third-order valence-electron chi connectivity index (χ3n) is 2.23. The molecule has 112 valence electrons. The number of carbonyl (C=O) groups is 1. The quantitative estimate of drug-likeness (QED) is 0.569. The monoisotopic (exact) mass is 321 g/mol. The Kier molecular flexibility index (Phi) is 6.21. The molecule has 1 aromatic carbocycles. The minimum absolute atomic E-state index is 0.0187. The molecule has 0 atom stereocenters. The minimum atomic E-state index is -3.79. The third-order valence-corrected chi connectivity index (χ3v) is 3.95. The largest absolute Gasteiger partial charge is 0.482 e. The summed E-state index contributed by atoms with van der Waals surface area (Å²) >= 11 is 5.80. The van der Waals surface area contributed by atoms with Crippen LogP contribution in [-0.2, 0) is 14.8 Å². The molecule has 0 spiro atoms. The van der Waals surface area contributed by atoms with Gasteiger partial charge in [-0.25, -0.2) is 13.1 Å². The molecule has 0 unspecified atom stereocenters. The van der Waals surface area contributed by atoms with Gasteiger partial charge in [0.1, 0.15) is 10.6 Å². The minimum Gasteiger partial charge on any atom is -0.482 e. The van der Waals surface area contributed by atoms with Crippen LogP contribution in [0.2, 0.25) is 5.02 Å². The van der Waals surface area contributed by atoms with Gasteiger partial charge in [-0.1, -0.05) is 11.6 Å². The average molecular weight is 322 g/mol. The normalized spacial score (nSPS) is 11.3. The number of benzene rings is 1. The van der Waals surface area contributed by atoms with Crippen molar-refractivity contribution in [2.45, 2.75) is 4.90 Å². The topological polar surface area (TPSA) is 111 Å². The highest BCUT2D eigenvalue weighted by molar-refractivity contribution is 7.89. The summed E-state index contributed by atoms with van der Waals surface area (Å²) in [7, 11) is -2.08. The van der Waals surface area contributed by atoms with Crippen LogP contribution >= 0.6 is 11.6 Å². The average Bonchev–Trinajstić information content (AvgIpc) is 2.37. The molecule has 1 rings (SSSR count). The molecule has 1 amide bonds. The molecule has 0 bridgehead atoms. The van der Waals surface area contributed by atoms with E-state index >= 15 is 0 Å². The predicted molar refractivity (Wildman–Crippen MR) is 75.3 cm³/mol. The Balaban J connectivity index is 3.01. The second-order valence-electron chi connectivity index (χ2n) is 3.85. The zero-order valence-electron chi connectivity index (χ0n) is 10.8. The Hall–Kier alpha value is -1.35. The van der Waals surface area contributed by atoms with Crippen molar-refractivity contribution in [3.8, 4) is 5.75 Å². The summed E-state index contributed by atoms with van der Waals surface area (Å²) in [4.78, 5) is 10.6. The van der Waals surface area contributed by atoms with Crippen molar-refractivity contribution in [1.29, 1.82) is 0 Å². The molecule has 1 aromatic rings. The lowest BCUT2D eigenvalue weighted by atomic mass is 10.3. The maximum Gasteiger partial charge on any atom is 0.255 e. The van der Waals surface area contributed by atoms with E-state index in [0.29, 0.717) is 6.54 Å². The van der Waals surface area contributed by atoms with E-state index in [-0.39, 0.29) is 22.2 Å². The first-order valence-electron chi connectivity index (χ1n) is 5.71. The molecule has 0 aromatic heterocycles. The van der Waals surface area contributed by atoms with Gasteiger partial charge in [0, 0.05) is 18.1 Å². The Morgan fingerprint density at radius 1 is 1.40 bits per heavy atom. The summed E-state index contributed by atoms with van der Waals surface area (Å²) in [6, 6.07) is 4.09. The number of carbonyl (C=O) groups excluding carboxylic acids is 1. The molecule has 0 saturated carbocycles. The summed E-state index contributed by atoms with van der Waals surface area (Å²) in [5, 5.41) is 3.05. The Morgan fingerprint density at radius 3 is 2.70 bits per heavy atom.